The molecular weight excluding hydrogens is 651 g/mol. The van der Waals surface area contributed by atoms with Crippen LogP contribution < -0.4 is 13.8 Å². The van der Waals surface area contributed by atoms with E-state index in [0.29, 0.717) is 29.7 Å². The van der Waals surface area contributed by atoms with E-state index in [1.54, 1.807) is 23.0 Å². The van der Waals surface area contributed by atoms with Crippen LogP contribution in [0.2, 0.25) is 0 Å². The number of fused-ring (bicyclic) bond motifs is 1. The second-order valence-corrected chi connectivity index (χ2v) is 12.5. The number of ether oxygens (including phenoxy) is 2. The van der Waals surface area contributed by atoms with Gasteiger partial charge in [0, 0.05) is 17.7 Å². The molecule has 0 bridgehead atoms. The highest BCUT2D eigenvalue weighted by Gasteiger charge is 2.35. The number of unbranched alkanes of at least 4 members (excludes halogenated alkanes) is 2. The number of benzene rings is 3. The van der Waals surface area contributed by atoms with E-state index in [4.69, 9.17) is 14.0 Å². The van der Waals surface area contributed by atoms with Gasteiger partial charge in [0.2, 0.25) is 0 Å². The minimum Gasteiger partial charge on any atom is -0.492 e. The number of halogens is 2. The standard InChI is InChI=1S/C32H32BrFN4O5S/c1-2-17-38(44(39,40)31-26(34)13-9-14-27(31)41-19-8-4-7-15-33)32-30-28(42-23-24-11-5-3-6-12-24)20-25(21-29(30)43-36-32)22-37-18-10-16-35-37/h2-3,5-6,9-14,16,18,20-21H,1,4,7-8,15,17,19,22-23H2. The second kappa shape index (κ2) is 14.5. The number of rotatable bonds is 16. The molecule has 0 spiro atoms. The van der Waals surface area contributed by atoms with Gasteiger partial charge in [0.25, 0.3) is 10.0 Å². The van der Waals surface area contributed by atoms with Crippen molar-refractivity contribution in [1.82, 2.24) is 14.9 Å². The fraction of sp³-hybridized carbons (Fsp3) is 0.250. The highest BCUT2D eigenvalue weighted by Crippen LogP contribution is 2.40. The Balaban J connectivity index is 1.57. The van der Waals surface area contributed by atoms with Gasteiger partial charge in [0.15, 0.2) is 16.3 Å². The van der Waals surface area contributed by atoms with Crippen LogP contribution in [0.15, 0.2) is 101 Å². The predicted octanol–water partition coefficient (Wildman–Crippen LogP) is 7.12. The topological polar surface area (TPSA) is 99.7 Å². The number of aromatic nitrogens is 3. The lowest BCUT2D eigenvalue weighted by Gasteiger charge is -2.23. The van der Waals surface area contributed by atoms with Gasteiger partial charge in [0.1, 0.15) is 29.3 Å². The Morgan fingerprint density at radius 3 is 2.59 bits per heavy atom. The van der Waals surface area contributed by atoms with Gasteiger partial charge in [-0.25, -0.2) is 17.1 Å². The Morgan fingerprint density at radius 1 is 1.00 bits per heavy atom. The van der Waals surface area contributed by atoms with Gasteiger partial charge in [0.05, 0.1) is 19.7 Å². The summed E-state index contributed by atoms with van der Waals surface area (Å²) in [5, 5.41) is 9.62. The third kappa shape index (κ3) is 7.13. The molecule has 5 aromatic rings. The molecule has 0 atom stereocenters. The monoisotopic (exact) mass is 682 g/mol. The summed E-state index contributed by atoms with van der Waals surface area (Å²) in [4.78, 5) is -0.583. The smallest absolute Gasteiger partial charge is 0.272 e. The van der Waals surface area contributed by atoms with E-state index in [1.165, 1.54) is 18.2 Å². The van der Waals surface area contributed by atoms with Crippen LogP contribution in [0, 0.1) is 5.82 Å². The van der Waals surface area contributed by atoms with E-state index in [-0.39, 0.29) is 31.3 Å². The van der Waals surface area contributed by atoms with Crippen molar-refractivity contribution in [3.8, 4) is 11.5 Å². The molecule has 9 nitrogen and oxygen atoms in total. The van der Waals surface area contributed by atoms with E-state index in [2.05, 4.69) is 32.8 Å². The first kappa shape index (κ1) is 31.3. The van der Waals surface area contributed by atoms with Crippen LogP contribution in [0.1, 0.15) is 30.4 Å². The molecule has 2 aromatic heterocycles. The lowest BCUT2D eigenvalue weighted by Crippen LogP contribution is -2.32. The third-order valence-corrected chi connectivity index (χ3v) is 9.14. The number of alkyl halides is 1. The molecule has 0 aliphatic heterocycles. The first-order valence-corrected chi connectivity index (χ1v) is 16.7. The normalized spacial score (nSPS) is 11.5. The van der Waals surface area contributed by atoms with Gasteiger partial charge in [-0.1, -0.05) is 63.6 Å². The summed E-state index contributed by atoms with van der Waals surface area (Å²) in [6.07, 6.45) is 7.42. The summed E-state index contributed by atoms with van der Waals surface area (Å²) in [7, 11) is -4.56. The minimum atomic E-state index is -4.56. The van der Waals surface area contributed by atoms with Gasteiger partial charge in [-0.15, -0.1) is 6.58 Å². The summed E-state index contributed by atoms with van der Waals surface area (Å²) in [6.45, 7) is 4.39. The van der Waals surface area contributed by atoms with Crippen molar-refractivity contribution in [2.45, 2.75) is 37.3 Å². The minimum absolute atomic E-state index is 0.0554. The van der Waals surface area contributed by atoms with Crippen LogP contribution >= 0.6 is 15.9 Å². The lowest BCUT2D eigenvalue weighted by atomic mass is 10.1. The lowest BCUT2D eigenvalue weighted by molar-refractivity contribution is 0.295. The van der Waals surface area contributed by atoms with Gasteiger partial charge >= 0.3 is 0 Å². The molecule has 0 fully saturated rings. The highest BCUT2D eigenvalue weighted by molar-refractivity contribution is 9.09. The molecule has 230 valence electrons. The van der Waals surface area contributed by atoms with Crippen molar-refractivity contribution in [1.29, 1.82) is 0 Å². The first-order valence-electron chi connectivity index (χ1n) is 14.1. The molecule has 3 aromatic carbocycles. The fourth-order valence-corrected chi connectivity index (χ4v) is 6.67. The summed E-state index contributed by atoms with van der Waals surface area (Å²) in [5.74, 6) is -0.717. The predicted molar refractivity (Wildman–Crippen MR) is 170 cm³/mol. The molecule has 0 radical (unpaired) electrons. The van der Waals surface area contributed by atoms with Crippen LogP contribution in [0.4, 0.5) is 10.2 Å². The maximum atomic E-state index is 15.4. The number of hydrogen-bond donors (Lipinski definition) is 0. The molecule has 0 unspecified atom stereocenters. The van der Waals surface area contributed by atoms with Gasteiger partial charge in [-0.2, -0.15) is 5.10 Å². The summed E-state index contributed by atoms with van der Waals surface area (Å²) in [6, 6.07) is 18.9. The third-order valence-electron chi connectivity index (χ3n) is 6.77. The largest absolute Gasteiger partial charge is 0.492 e. The second-order valence-electron chi connectivity index (χ2n) is 9.94. The van der Waals surface area contributed by atoms with Crippen LogP contribution in [-0.4, -0.2) is 41.8 Å². The maximum Gasteiger partial charge on any atom is 0.272 e. The molecule has 0 N–H and O–H groups in total. The van der Waals surface area contributed by atoms with Gasteiger partial charge < -0.3 is 14.0 Å². The molecule has 2 heterocycles. The van der Waals surface area contributed by atoms with E-state index in [0.717, 1.165) is 39.7 Å². The van der Waals surface area contributed by atoms with Crippen molar-refractivity contribution in [2.75, 3.05) is 22.8 Å². The molecule has 12 heteroatoms. The molecule has 0 amide bonds. The number of nitrogens with zero attached hydrogens (tertiary/aromatic N) is 4. The van der Waals surface area contributed by atoms with E-state index in [1.807, 2.05) is 42.6 Å². The van der Waals surface area contributed by atoms with Crippen LogP contribution in [-0.2, 0) is 23.2 Å². The van der Waals surface area contributed by atoms with E-state index >= 15 is 4.39 Å². The Bertz CT molecular complexity index is 1800. The number of hydrogen-bond acceptors (Lipinski definition) is 7. The molecule has 0 saturated carbocycles. The highest BCUT2D eigenvalue weighted by atomic mass is 79.9. The van der Waals surface area contributed by atoms with Crippen molar-refractivity contribution in [3.05, 3.63) is 109 Å². The summed E-state index contributed by atoms with van der Waals surface area (Å²) in [5.41, 5.74) is 2.01. The molecule has 0 aliphatic carbocycles. The van der Waals surface area contributed by atoms with Crippen LogP contribution in [0.25, 0.3) is 11.0 Å². The Kier molecular flexibility index (Phi) is 10.3. The Hall–Kier alpha value is -4.16. The van der Waals surface area contributed by atoms with Crippen molar-refractivity contribution >= 4 is 42.7 Å². The molecule has 0 saturated heterocycles. The number of anilines is 1. The van der Waals surface area contributed by atoms with E-state index < -0.39 is 20.7 Å². The zero-order valence-corrected chi connectivity index (χ0v) is 26.3. The van der Waals surface area contributed by atoms with Crippen LogP contribution in [0.5, 0.6) is 11.5 Å². The van der Waals surface area contributed by atoms with Gasteiger partial charge in [-0.3, -0.25) is 4.68 Å². The Labute approximate surface area is 264 Å². The first-order chi connectivity index (χ1) is 21.4. The fourth-order valence-electron chi connectivity index (χ4n) is 4.70. The zero-order chi connectivity index (χ0) is 30.9. The average molecular weight is 684 g/mol. The molecule has 44 heavy (non-hydrogen) atoms. The quantitative estimate of drug-likeness (QED) is 0.0621. The van der Waals surface area contributed by atoms with Gasteiger partial charge in [-0.05, 0) is 60.7 Å². The zero-order valence-electron chi connectivity index (χ0n) is 23.9. The van der Waals surface area contributed by atoms with Crippen LogP contribution in [0.3, 0.4) is 0 Å². The molecule has 0 aliphatic rings. The maximum absolute atomic E-state index is 15.4. The summed E-state index contributed by atoms with van der Waals surface area (Å²) < 4.78 is 64.3. The number of sulfonamides is 1. The summed E-state index contributed by atoms with van der Waals surface area (Å²) >= 11 is 3.39. The average Bonchev–Trinajstić information content (AvgIpc) is 3.69. The van der Waals surface area contributed by atoms with Crippen molar-refractivity contribution in [2.24, 2.45) is 0 Å². The molecule has 5 rings (SSSR count). The molecular formula is C32H32BrFN4O5S. The SMILES string of the molecule is C=CCN(c1noc2cc(Cn3cccn3)cc(OCc3ccccc3)c12)S(=O)(=O)c1c(F)cccc1OCCCCCBr. The Morgan fingerprint density at radius 2 is 1.84 bits per heavy atom. The van der Waals surface area contributed by atoms with E-state index in [9.17, 15) is 8.42 Å². The van der Waals surface area contributed by atoms with Crippen molar-refractivity contribution in [3.63, 3.8) is 0 Å². The van der Waals surface area contributed by atoms with Crippen molar-refractivity contribution < 1.29 is 26.8 Å².